The lowest BCUT2D eigenvalue weighted by Crippen LogP contribution is -2.31. The van der Waals surface area contributed by atoms with Crippen molar-refractivity contribution in [3.63, 3.8) is 0 Å². The molecule has 2 rings (SSSR count). The third kappa shape index (κ3) is 5.42. The van der Waals surface area contributed by atoms with E-state index in [4.69, 9.17) is 40.2 Å². The van der Waals surface area contributed by atoms with Crippen molar-refractivity contribution in [1.29, 1.82) is 0 Å². The maximum atomic E-state index is 5.99. The van der Waals surface area contributed by atoms with Gasteiger partial charge in [-0.25, -0.2) is 0 Å². The smallest absolute Gasteiger partial charge is 0.170 e. The Bertz CT molecular complexity index is 622. The molecule has 2 aromatic rings. The first kappa shape index (κ1) is 15.9. The van der Waals surface area contributed by atoms with Crippen molar-refractivity contribution < 1.29 is 4.74 Å². The molecule has 0 fully saturated rings. The monoisotopic (exact) mass is 340 g/mol. The molecule has 21 heavy (non-hydrogen) atoms. The average Bonchev–Trinajstić information content (AvgIpc) is 2.45. The summed E-state index contributed by atoms with van der Waals surface area (Å²) in [6.07, 6.45) is 0. The molecule has 0 spiro atoms. The van der Waals surface area contributed by atoms with E-state index in [1.54, 1.807) is 18.2 Å². The molecular formula is C15H14Cl2N2OS. The third-order valence-electron chi connectivity index (χ3n) is 2.56. The molecule has 0 aliphatic heterocycles. The number of para-hydroxylation sites is 1. The van der Waals surface area contributed by atoms with Crippen LogP contribution in [0.1, 0.15) is 0 Å². The summed E-state index contributed by atoms with van der Waals surface area (Å²) in [6.45, 7) is 1.03. The number of nitrogens with one attached hydrogen (secondary N) is 2. The Kier molecular flexibility index (Phi) is 6.11. The molecule has 0 saturated heterocycles. The number of ether oxygens (including phenoxy) is 1. The largest absolute Gasteiger partial charge is 0.490 e. The van der Waals surface area contributed by atoms with E-state index in [2.05, 4.69) is 10.6 Å². The van der Waals surface area contributed by atoms with Crippen molar-refractivity contribution in [2.75, 3.05) is 18.5 Å². The predicted molar refractivity (Wildman–Crippen MR) is 92.6 cm³/mol. The van der Waals surface area contributed by atoms with Gasteiger partial charge in [0.1, 0.15) is 12.4 Å². The second-order valence-corrected chi connectivity index (χ2v) is 5.42. The molecule has 0 amide bonds. The molecule has 0 heterocycles. The van der Waals surface area contributed by atoms with E-state index in [1.807, 2.05) is 30.3 Å². The SMILES string of the molecule is S=C(NCCOc1ccccc1Cl)Nc1cccc(Cl)c1. The zero-order valence-electron chi connectivity index (χ0n) is 11.1. The Morgan fingerprint density at radius 3 is 2.67 bits per heavy atom. The van der Waals surface area contributed by atoms with Gasteiger partial charge >= 0.3 is 0 Å². The van der Waals surface area contributed by atoms with Crippen molar-refractivity contribution in [2.24, 2.45) is 0 Å². The summed E-state index contributed by atoms with van der Waals surface area (Å²) < 4.78 is 5.55. The second-order valence-electron chi connectivity index (χ2n) is 4.17. The fraction of sp³-hybridized carbons (Fsp3) is 0.133. The van der Waals surface area contributed by atoms with E-state index >= 15 is 0 Å². The maximum Gasteiger partial charge on any atom is 0.170 e. The number of anilines is 1. The van der Waals surface area contributed by atoms with Gasteiger partial charge < -0.3 is 15.4 Å². The molecule has 0 saturated carbocycles. The highest BCUT2D eigenvalue weighted by atomic mass is 35.5. The van der Waals surface area contributed by atoms with E-state index in [0.717, 1.165) is 5.69 Å². The summed E-state index contributed by atoms with van der Waals surface area (Å²) in [6, 6.07) is 14.7. The molecule has 0 aliphatic rings. The van der Waals surface area contributed by atoms with Crippen LogP contribution in [0.4, 0.5) is 5.69 Å². The molecule has 0 radical (unpaired) electrons. The summed E-state index contributed by atoms with van der Waals surface area (Å²) in [5.41, 5.74) is 0.840. The first-order valence-corrected chi connectivity index (χ1v) is 7.49. The highest BCUT2D eigenvalue weighted by Crippen LogP contribution is 2.22. The normalized spacial score (nSPS) is 10.0. The van der Waals surface area contributed by atoms with Crippen LogP contribution in [-0.2, 0) is 0 Å². The Labute approximate surface area is 139 Å². The summed E-state index contributed by atoms with van der Waals surface area (Å²) in [5, 5.41) is 7.86. The first-order valence-electron chi connectivity index (χ1n) is 6.33. The van der Waals surface area contributed by atoms with Crippen LogP contribution >= 0.6 is 35.4 Å². The van der Waals surface area contributed by atoms with Crippen LogP contribution in [0.25, 0.3) is 0 Å². The number of rotatable bonds is 5. The Morgan fingerprint density at radius 2 is 1.90 bits per heavy atom. The molecule has 3 nitrogen and oxygen atoms in total. The van der Waals surface area contributed by atoms with E-state index < -0.39 is 0 Å². The van der Waals surface area contributed by atoms with Gasteiger partial charge in [0.15, 0.2) is 5.11 Å². The number of thiocarbonyl (C=S) groups is 1. The van der Waals surface area contributed by atoms with Crippen molar-refractivity contribution in [3.05, 3.63) is 58.6 Å². The molecule has 0 aliphatic carbocycles. The minimum absolute atomic E-state index is 0.459. The Morgan fingerprint density at radius 1 is 1.10 bits per heavy atom. The number of halogens is 2. The van der Waals surface area contributed by atoms with Crippen LogP contribution in [0.3, 0.4) is 0 Å². The van der Waals surface area contributed by atoms with E-state index in [1.165, 1.54) is 0 Å². The standard InChI is InChI=1S/C15H14Cl2N2OS/c16-11-4-3-5-12(10-11)19-15(21)18-8-9-20-14-7-2-1-6-13(14)17/h1-7,10H,8-9H2,(H2,18,19,21). The summed E-state index contributed by atoms with van der Waals surface area (Å²) >= 11 is 17.1. The number of hydrogen-bond acceptors (Lipinski definition) is 2. The lowest BCUT2D eigenvalue weighted by Gasteiger charge is -2.12. The van der Waals surface area contributed by atoms with Gasteiger partial charge in [-0.15, -0.1) is 0 Å². The van der Waals surface area contributed by atoms with Crippen molar-refractivity contribution >= 4 is 46.2 Å². The van der Waals surface area contributed by atoms with E-state index in [-0.39, 0.29) is 0 Å². The van der Waals surface area contributed by atoms with Gasteiger partial charge in [-0.2, -0.15) is 0 Å². The average molecular weight is 341 g/mol. The van der Waals surface area contributed by atoms with Gasteiger partial charge in [-0.3, -0.25) is 0 Å². The predicted octanol–water partition coefficient (Wildman–Crippen LogP) is 4.36. The van der Waals surface area contributed by atoms with E-state index in [9.17, 15) is 0 Å². The van der Waals surface area contributed by atoms with Crippen LogP contribution in [-0.4, -0.2) is 18.3 Å². The molecule has 0 atom stereocenters. The van der Waals surface area contributed by atoms with Crippen LogP contribution in [0.5, 0.6) is 5.75 Å². The fourth-order valence-electron chi connectivity index (χ4n) is 1.63. The van der Waals surface area contributed by atoms with Crippen LogP contribution in [0, 0.1) is 0 Å². The molecule has 110 valence electrons. The van der Waals surface area contributed by atoms with Crippen LogP contribution in [0.2, 0.25) is 10.0 Å². The molecular weight excluding hydrogens is 327 g/mol. The van der Waals surface area contributed by atoms with Gasteiger partial charge in [0.05, 0.1) is 11.6 Å². The van der Waals surface area contributed by atoms with Crippen LogP contribution < -0.4 is 15.4 Å². The van der Waals surface area contributed by atoms with E-state index in [0.29, 0.717) is 34.1 Å². The molecule has 0 aromatic heterocycles. The topological polar surface area (TPSA) is 33.3 Å². The summed E-state index contributed by atoms with van der Waals surface area (Å²) in [7, 11) is 0. The molecule has 0 unspecified atom stereocenters. The molecule has 6 heteroatoms. The van der Waals surface area contributed by atoms with Gasteiger partial charge in [0.2, 0.25) is 0 Å². The maximum absolute atomic E-state index is 5.99. The highest BCUT2D eigenvalue weighted by molar-refractivity contribution is 7.80. The molecule has 2 aromatic carbocycles. The van der Waals surface area contributed by atoms with Crippen molar-refractivity contribution in [3.8, 4) is 5.75 Å². The minimum Gasteiger partial charge on any atom is -0.490 e. The lowest BCUT2D eigenvalue weighted by atomic mass is 10.3. The molecule has 0 bridgehead atoms. The first-order chi connectivity index (χ1) is 10.1. The lowest BCUT2D eigenvalue weighted by molar-refractivity contribution is 0.323. The van der Waals surface area contributed by atoms with Crippen molar-refractivity contribution in [1.82, 2.24) is 5.32 Å². The Balaban J connectivity index is 1.71. The zero-order valence-corrected chi connectivity index (χ0v) is 13.4. The Hall–Kier alpha value is -1.49. The second kappa shape index (κ2) is 8.08. The molecule has 2 N–H and O–H groups in total. The zero-order chi connectivity index (χ0) is 15.1. The number of hydrogen-bond donors (Lipinski definition) is 2. The van der Waals surface area contributed by atoms with Crippen LogP contribution in [0.15, 0.2) is 48.5 Å². The van der Waals surface area contributed by atoms with Crippen molar-refractivity contribution in [2.45, 2.75) is 0 Å². The van der Waals surface area contributed by atoms with Gasteiger partial charge in [-0.1, -0.05) is 41.4 Å². The summed E-state index contributed by atoms with van der Waals surface area (Å²) in [4.78, 5) is 0. The van der Waals surface area contributed by atoms with Gasteiger partial charge in [0, 0.05) is 10.7 Å². The fourth-order valence-corrected chi connectivity index (χ4v) is 2.23. The highest BCUT2D eigenvalue weighted by Gasteiger charge is 2.00. The van der Waals surface area contributed by atoms with Gasteiger partial charge in [-0.05, 0) is 42.5 Å². The van der Waals surface area contributed by atoms with Gasteiger partial charge in [0.25, 0.3) is 0 Å². The summed E-state index contributed by atoms with van der Waals surface area (Å²) in [5.74, 6) is 0.662. The quantitative estimate of drug-likeness (QED) is 0.625. The third-order valence-corrected chi connectivity index (χ3v) is 3.36. The number of benzene rings is 2. The minimum atomic E-state index is 0.459.